The number of anilines is 1. The predicted octanol–water partition coefficient (Wildman–Crippen LogP) is 3.26. The van der Waals surface area contributed by atoms with Gasteiger partial charge in [-0.25, -0.2) is 13.1 Å². The second-order valence-electron chi connectivity index (χ2n) is 6.85. The number of pyridine rings is 1. The van der Waals surface area contributed by atoms with E-state index in [-0.39, 0.29) is 16.8 Å². The van der Waals surface area contributed by atoms with Crippen LogP contribution in [0.5, 0.6) is 0 Å². The molecule has 0 aliphatic heterocycles. The monoisotopic (exact) mass is 387 g/mol. The number of sulfonamides is 1. The van der Waals surface area contributed by atoms with Gasteiger partial charge in [-0.1, -0.05) is 18.9 Å². The van der Waals surface area contributed by atoms with Crippen LogP contribution in [-0.2, 0) is 21.2 Å². The van der Waals surface area contributed by atoms with E-state index in [1.54, 1.807) is 18.3 Å². The number of amides is 1. The number of nitrogens with one attached hydrogen (secondary N) is 2. The van der Waals surface area contributed by atoms with Crippen molar-refractivity contribution in [3.63, 3.8) is 0 Å². The van der Waals surface area contributed by atoms with Crippen molar-refractivity contribution in [3.05, 3.63) is 54.4 Å². The summed E-state index contributed by atoms with van der Waals surface area (Å²) in [5, 5.41) is 2.81. The SMILES string of the molecule is O=C(CCCc1ccccn1)Nc1ccc(S(=O)(=O)NC2CCCC2)cc1. The van der Waals surface area contributed by atoms with E-state index in [4.69, 9.17) is 0 Å². The Morgan fingerprint density at radius 3 is 2.48 bits per heavy atom. The van der Waals surface area contributed by atoms with Crippen LogP contribution in [0.15, 0.2) is 53.6 Å². The van der Waals surface area contributed by atoms with E-state index in [0.717, 1.165) is 37.8 Å². The zero-order chi connectivity index (χ0) is 19.1. The van der Waals surface area contributed by atoms with Crippen LogP contribution in [-0.4, -0.2) is 25.4 Å². The average Bonchev–Trinajstić information content (AvgIpc) is 3.15. The van der Waals surface area contributed by atoms with Gasteiger partial charge in [0.05, 0.1) is 4.90 Å². The van der Waals surface area contributed by atoms with Crippen LogP contribution < -0.4 is 10.0 Å². The van der Waals surface area contributed by atoms with Crippen LogP contribution in [0.4, 0.5) is 5.69 Å². The molecule has 6 nitrogen and oxygen atoms in total. The Morgan fingerprint density at radius 1 is 1.07 bits per heavy atom. The van der Waals surface area contributed by atoms with Gasteiger partial charge in [-0.2, -0.15) is 0 Å². The van der Waals surface area contributed by atoms with Crippen molar-refractivity contribution in [2.24, 2.45) is 0 Å². The first-order valence-corrected chi connectivity index (χ1v) is 10.8. The molecule has 1 aliphatic carbocycles. The molecule has 1 amide bonds. The summed E-state index contributed by atoms with van der Waals surface area (Å²) in [7, 11) is -3.50. The molecule has 0 saturated heterocycles. The van der Waals surface area contributed by atoms with E-state index >= 15 is 0 Å². The first-order valence-electron chi connectivity index (χ1n) is 9.35. The van der Waals surface area contributed by atoms with Gasteiger partial charge >= 0.3 is 0 Å². The summed E-state index contributed by atoms with van der Waals surface area (Å²) >= 11 is 0. The normalized spacial score (nSPS) is 15.0. The maximum absolute atomic E-state index is 12.4. The molecule has 0 radical (unpaired) electrons. The highest BCUT2D eigenvalue weighted by molar-refractivity contribution is 7.89. The van der Waals surface area contributed by atoms with Crippen LogP contribution in [0.3, 0.4) is 0 Å². The number of aryl methyl sites for hydroxylation is 1. The predicted molar refractivity (Wildman–Crippen MR) is 105 cm³/mol. The zero-order valence-corrected chi connectivity index (χ0v) is 16.0. The number of carbonyl (C=O) groups excluding carboxylic acids is 1. The molecule has 0 bridgehead atoms. The molecule has 0 spiro atoms. The minimum Gasteiger partial charge on any atom is -0.326 e. The van der Waals surface area contributed by atoms with Gasteiger partial charge in [0.25, 0.3) is 0 Å². The van der Waals surface area contributed by atoms with Gasteiger partial charge < -0.3 is 5.32 Å². The second-order valence-corrected chi connectivity index (χ2v) is 8.56. The Bertz CT molecular complexity index is 846. The summed E-state index contributed by atoms with van der Waals surface area (Å²) in [5.41, 5.74) is 1.56. The van der Waals surface area contributed by atoms with Crippen LogP contribution in [0, 0.1) is 0 Å². The Labute approximate surface area is 160 Å². The molecule has 7 heteroatoms. The third-order valence-electron chi connectivity index (χ3n) is 4.69. The number of nitrogens with zero attached hydrogens (tertiary/aromatic N) is 1. The van der Waals surface area contributed by atoms with E-state index in [1.165, 1.54) is 12.1 Å². The summed E-state index contributed by atoms with van der Waals surface area (Å²) in [4.78, 5) is 16.5. The average molecular weight is 388 g/mol. The van der Waals surface area contributed by atoms with Gasteiger partial charge in [0, 0.05) is 30.0 Å². The number of hydrogen-bond donors (Lipinski definition) is 2. The van der Waals surface area contributed by atoms with Gasteiger partial charge in [-0.3, -0.25) is 9.78 Å². The standard InChI is InChI=1S/C20H25N3O3S/c24-20(10-5-9-16-6-3-4-15-21-16)22-17-11-13-19(14-12-17)27(25,26)23-18-7-1-2-8-18/h3-4,6,11-15,18,23H,1-2,5,7-10H2,(H,22,24). The summed E-state index contributed by atoms with van der Waals surface area (Å²) in [6.45, 7) is 0. The van der Waals surface area contributed by atoms with Crippen LogP contribution in [0.2, 0.25) is 0 Å². The van der Waals surface area contributed by atoms with E-state index in [2.05, 4.69) is 15.0 Å². The summed E-state index contributed by atoms with van der Waals surface area (Å²) in [6, 6.07) is 12.1. The molecule has 1 fully saturated rings. The zero-order valence-electron chi connectivity index (χ0n) is 15.2. The lowest BCUT2D eigenvalue weighted by Gasteiger charge is -2.13. The lowest BCUT2D eigenvalue weighted by Crippen LogP contribution is -2.32. The van der Waals surface area contributed by atoms with Crippen molar-refractivity contribution >= 4 is 21.6 Å². The quantitative estimate of drug-likeness (QED) is 0.728. The molecule has 0 unspecified atom stereocenters. The molecule has 1 saturated carbocycles. The lowest BCUT2D eigenvalue weighted by molar-refractivity contribution is -0.116. The molecule has 1 aromatic heterocycles. The Kier molecular flexibility index (Phi) is 6.58. The largest absolute Gasteiger partial charge is 0.326 e. The smallest absolute Gasteiger partial charge is 0.240 e. The third-order valence-corrected chi connectivity index (χ3v) is 6.22. The van der Waals surface area contributed by atoms with Gasteiger partial charge in [0.15, 0.2) is 0 Å². The highest BCUT2D eigenvalue weighted by Gasteiger charge is 2.22. The highest BCUT2D eigenvalue weighted by atomic mass is 32.2. The fraction of sp³-hybridized carbons (Fsp3) is 0.400. The van der Waals surface area contributed by atoms with Crippen molar-refractivity contribution < 1.29 is 13.2 Å². The molecule has 1 aliphatic rings. The molecule has 2 N–H and O–H groups in total. The van der Waals surface area contributed by atoms with Gasteiger partial charge in [-0.05, 0) is 62.1 Å². The van der Waals surface area contributed by atoms with Gasteiger partial charge in [0.1, 0.15) is 0 Å². The van der Waals surface area contributed by atoms with Gasteiger partial charge in [-0.15, -0.1) is 0 Å². The second kappa shape index (κ2) is 9.10. The summed E-state index contributed by atoms with van der Waals surface area (Å²) in [5.74, 6) is -0.0920. The van der Waals surface area contributed by atoms with Crippen LogP contribution in [0.1, 0.15) is 44.2 Å². The van der Waals surface area contributed by atoms with Crippen molar-refractivity contribution in [1.82, 2.24) is 9.71 Å². The molecule has 0 atom stereocenters. The number of hydrogen-bond acceptors (Lipinski definition) is 4. The van der Waals surface area contributed by atoms with Crippen molar-refractivity contribution in [2.45, 2.75) is 55.9 Å². The van der Waals surface area contributed by atoms with Crippen molar-refractivity contribution in [2.75, 3.05) is 5.32 Å². The summed E-state index contributed by atoms with van der Waals surface area (Å²) < 4.78 is 27.5. The molecule has 144 valence electrons. The topological polar surface area (TPSA) is 88.2 Å². The Balaban J connectivity index is 1.48. The number of aromatic nitrogens is 1. The van der Waals surface area contributed by atoms with Gasteiger partial charge in [0.2, 0.25) is 15.9 Å². The minimum absolute atomic E-state index is 0.0356. The maximum atomic E-state index is 12.4. The van der Waals surface area contributed by atoms with Crippen molar-refractivity contribution in [3.8, 4) is 0 Å². The Hall–Kier alpha value is -2.25. The molecule has 1 heterocycles. The molecule has 1 aromatic carbocycles. The Morgan fingerprint density at radius 2 is 1.81 bits per heavy atom. The van der Waals surface area contributed by atoms with E-state index in [1.807, 2.05) is 18.2 Å². The molecular formula is C20H25N3O3S. The first-order chi connectivity index (χ1) is 13.0. The first kappa shape index (κ1) is 19.5. The fourth-order valence-corrected chi connectivity index (χ4v) is 4.55. The molecular weight excluding hydrogens is 362 g/mol. The van der Waals surface area contributed by atoms with E-state index < -0.39 is 10.0 Å². The molecule has 3 rings (SSSR count). The number of benzene rings is 1. The number of carbonyl (C=O) groups is 1. The third kappa shape index (κ3) is 5.87. The lowest BCUT2D eigenvalue weighted by atomic mass is 10.1. The molecule has 2 aromatic rings. The minimum atomic E-state index is -3.50. The van der Waals surface area contributed by atoms with E-state index in [0.29, 0.717) is 18.5 Å². The van der Waals surface area contributed by atoms with Crippen molar-refractivity contribution in [1.29, 1.82) is 0 Å². The fourth-order valence-electron chi connectivity index (χ4n) is 3.25. The van der Waals surface area contributed by atoms with E-state index in [9.17, 15) is 13.2 Å². The maximum Gasteiger partial charge on any atom is 0.240 e. The summed E-state index contributed by atoms with van der Waals surface area (Å²) in [6.07, 6.45) is 7.51. The van der Waals surface area contributed by atoms with Crippen LogP contribution in [0.25, 0.3) is 0 Å². The molecule has 27 heavy (non-hydrogen) atoms. The number of rotatable bonds is 8. The highest BCUT2D eigenvalue weighted by Crippen LogP contribution is 2.21. The van der Waals surface area contributed by atoms with Crippen LogP contribution >= 0.6 is 0 Å².